The molecule has 0 bridgehead atoms. The molecule has 0 saturated heterocycles. The number of nitrogens with one attached hydrogen (secondary N) is 1. The van der Waals surface area contributed by atoms with E-state index in [-0.39, 0.29) is 5.91 Å². The van der Waals surface area contributed by atoms with Crippen LogP contribution in [-0.4, -0.2) is 19.0 Å². The van der Waals surface area contributed by atoms with Crippen molar-refractivity contribution in [1.82, 2.24) is 5.32 Å². The van der Waals surface area contributed by atoms with Gasteiger partial charge in [0.1, 0.15) is 0 Å². The van der Waals surface area contributed by atoms with Gasteiger partial charge in [0, 0.05) is 18.7 Å². The molecule has 5 N–H and O–H groups in total. The maximum atomic E-state index is 11.4. The highest BCUT2D eigenvalue weighted by atomic mass is 16.1. The number of carbonyl (C=O) groups excluding carboxylic acids is 1. The summed E-state index contributed by atoms with van der Waals surface area (Å²) in [7, 11) is 0. The average Bonchev–Trinajstić information content (AvgIpc) is 2.28. The SMILES string of the molecule is NCCCNC(=O)CCc1ccccc1N. The predicted molar refractivity (Wildman–Crippen MR) is 65.9 cm³/mol. The Balaban J connectivity index is 2.29. The molecule has 0 spiro atoms. The van der Waals surface area contributed by atoms with E-state index in [1.807, 2.05) is 24.3 Å². The maximum absolute atomic E-state index is 11.4. The number of anilines is 1. The van der Waals surface area contributed by atoms with Crippen molar-refractivity contribution in [2.75, 3.05) is 18.8 Å². The van der Waals surface area contributed by atoms with Crippen LogP contribution in [0.25, 0.3) is 0 Å². The van der Waals surface area contributed by atoms with Crippen molar-refractivity contribution in [3.63, 3.8) is 0 Å². The zero-order valence-corrected chi connectivity index (χ0v) is 9.41. The van der Waals surface area contributed by atoms with Crippen molar-refractivity contribution < 1.29 is 4.79 Å². The van der Waals surface area contributed by atoms with Crippen LogP contribution in [0.1, 0.15) is 18.4 Å². The molecule has 0 fully saturated rings. The first-order chi connectivity index (χ1) is 7.74. The topological polar surface area (TPSA) is 81.1 Å². The standard InChI is InChI=1S/C12H19N3O/c13-8-3-9-15-12(16)7-6-10-4-1-2-5-11(10)14/h1-2,4-5H,3,6-9,13-14H2,(H,15,16). The molecule has 0 aliphatic rings. The molecular formula is C12H19N3O. The molecular weight excluding hydrogens is 202 g/mol. The Morgan fingerprint density at radius 3 is 2.75 bits per heavy atom. The number of nitrogen functional groups attached to an aromatic ring is 1. The van der Waals surface area contributed by atoms with Crippen LogP contribution in [0.3, 0.4) is 0 Å². The van der Waals surface area contributed by atoms with Gasteiger partial charge in [0.15, 0.2) is 0 Å². The fourth-order valence-corrected chi connectivity index (χ4v) is 1.43. The fourth-order valence-electron chi connectivity index (χ4n) is 1.43. The number of amides is 1. The summed E-state index contributed by atoms with van der Waals surface area (Å²) in [4.78, 5) is 11.4. The van der Waals surface area contributed by atoms with Crippen molar-refractivity contribution in [2.45, 2.75) is 19.3 Å². The van der Waals surface area contributed by atoms with E-state index in [1.54, 1.807) is 0 Å². The first-order valence-electron chi connectivity index (χ1n) is 5.54. The quantitative estimate of drug-likeness (QED) is 0.488. The Morgan fingerprint density at radius 2 is 2.06 bits per heavy atom. The van der Waals surface area contributed by atoms with Gasteiger partial charge in [-0.05, 0) is 31.0 Å². The number of rotatable bonds is 6. The van der Waals surface area contributed by atoms with Crippen molar-refractivity contribution in [1.29, 1.82) is 0 Å². The lowest BCUT2D eigenvalue weighted by atomic mass is 10.1. The molecule has 4 heteroatoms. The molecule has 0 atom stereocenters. The molecule has 0 unspecified atom stereocenters. The van der Waals surface area contributed by atoms with Gasteiger partial charge in [-0.25, -0.2) is 0 Å². The summed E-state index contributed by atoms with van der Waals surface area (Å²) in [5, 5.41) is 2.81. The van der Waals surface area contributed by atoms with Crippen molar-refractivity contribution in [3.8, 4) is 0 Å². The van der Waals surface area contributed by atoms with Gasteiger partial charge in [-0.1, -0.05) is 18.2 Å². The molecule has 88 valence electrons. The minimum Gasteiger partial charge on any atom is -0.399 e. The monoisotopic (exact) mass is 221 g/mol. The van der Waals surface area contributed by atoms with E-state index in [1.165, 1.54) is 0 Å². The van der Waals surface area contributed by atoms with Gasteiger partial charge in [-0.3, -0.25) is 4.79 Å². The van der Waals surface area contributed by atoms with Crippen LogP contribution in [0, 0.1) is 0 Å². The average molecular weight is 221 g/mol. The summed E-state index contributed by atoms with van der Waals surface area (Å²) in [6, 6.07) is 7.61. The van der Waals surface area contributed by atoms with Crippen LogP contribution in [0.15, 0.2) is 24.3 Å². The number of carbonyl (C=O) groups is 1. The van der Waals surface area contributed by atoms with E-state index in [9.17, 15) is 4.79 Å². The fraction of sp³-hybridized carbons (Fsp3) is 0.417. The summed E-state index contributed by atoms with van der Waals surface area (Å²) in [6.07, 6.45) is 1.97. The molecule has 16 heavy (non-hydrogen) atoms. The molecule has 0 radical (unpaired) electrons. The molecule has 1 rings (SSSR count). The Kier molecular flexibility index (Phi) is 5.36. The molecule has 0 heterocycles. The Bertz CT molecular complexity index is 339. The molecule has 1 aromatic rings. The summed E-state index contributed by atoms with van der Waals surface area (Å²) < 4.78 is 0. The molecule has 0 aromatic heterocycles. The minimum absolute atomic E-state index is 0.0525. The molecule has 0 aliphatic carbocycles. The van der Waals surface area contributed by atoms with E-state index >= 15 is 0 Å². The van der Waals surface area contributed by atoms with Crippen LogP contribution in [0.4, 0.5) is 5.69 Å². The van der Waals surface area contributed by atoms with E-state index in [2.05, 4.69) is 5.32 Å². The Labute approximate surface area is 96.0 Å². The second kappa shape index (κ2) is 6.85. The van der Waals surface area contributed by atoms with Gasteiger partial charge in [0.2, 0.25) is 5.91 Å². The summed E-state index contributed by atoms with van der Waals surface area (Å²) in [5.74, 6) is 0.0525. The predicted octanol–water partition coefficient (Wildman–Crippen LogP) is 0.666. The Hall–Kier alpha value is -1.55. The van der Waals surface area contributed by atoms with Gasteiger partial charge >= 0.3 is 0 Å². The summed E-state index contributed by atoms with van der Waals surface area (Å²) in [5.41, 5.74) is 12.9. The van der Waals surface area contributed by atoms with E-state index < -0.39 is 0 Å². The number of hydrogen-bond acceptors (Lipinski definition) is 3. The largest absolute Gasteiger partial charge is 0.399 e. The van der Waals surface area contributed by atoms with Crippen molar-refractivity contribution >= 4 is 11.6 Å². The number of benzene rings is 1. The zero-order chi connectivity index (χ0) is 11.8. The normalized spacial score (nSPS) is 10.1. The van der Waals surface area contributed by atoms with Crippen LogP contribution < -0.4 is 16.8 Å². The van der Waals surface area contributed by atoms with Gasteiger partial charge in [-0.2, -0.15) is 0 Å². The van der Waals surface area contributed by atoms with Gasteiger partial charge < -0.3 is 16.8 Å². The third-order valence-electron chi connectivity index (χ3n) is 2.38. The summed E-state index contributed by atoms with van der Waals surface area (Å²) in [6.45, 7) is 1.26. The Morgan fingerprint density at radius 1 is 1.31 bits per heavy atom. The molecule has 0 aliphatic heterocycles. The lowest BCUT2D eigenvalue weighted by Crippen LogP contribution is -2.26. The highest BCUT2D eigenvalue weighted by Gasteiger charge is 2.03. The lowest BCUT2D eigenvalue weighted by Gasteiger charge is -2.06. The molecule has 0 saturated carbocycles. The number of nitrogens with two attached hydrogens (primary N) is 2. The van der Waals surface area contributed by atoms with Crippen LogP contribution in [0.2, 0.25) is 0 Å². The highest BCUT2D eigenvalue weighted by Crippen LogP contribution is 2.12. The highest BCUT2D eigenvalue weighted by molar-refractivity contribution is 5.76. The smallest absolute Gasteiger partial charge is 0.220 e. The van der Waals surface area contributed by atoms with Gasteiger partial charge in [0.25, 0.3) is 0 Å². The lowest BCUT2D eigenvalue weighted by molar-refractivity contribution is -0.121. The van der Waals surface area contributed by atoms with E-state index in [0.717, 1.165) is 17.7 Å². The van der Waals surface area contributed by atoms with Gasteiger partial charge in [-0.15, -0.1) is 0 Å². The number of hydrogen-bond donors (Lipinski definition) is 3. The molecule has 4 nitrogen and oxygen atoms in total. The third-order valence-corrected chi connectivity index (χ3v) is 2.38. The first-order valence-corrected chi connectivity index (χ1v) is 5.54. The number of para-hydroxylation sites is 1. The van der Waals surface area contributed by atoms with Crippen molar-refractivity contribution in [2.24, 2.45) is 5.73 Å². The van der Waals surface area contributed by atoms with E-state index in [4.69, 9.17) is 11.5 Å². The van der Waals surface area contributed by atoms with Crippen molar-refractivity contribution in [3.05, 3.63) is 29.8 Å². The third kappa shape index (κ3) is 4.31. The molecule has 1 amide bonds. The minimum atomic E-state index is 0.0525. The second-order valence-electron chi connectivity index (χ2n) is 3.69. The second-order valence-corrected chi connectivity index (χ2v) is 3.69. The van der Waals surface area contributed by atoms with Gasteiger partial charge in [0.05, 0.1) is 0 Å². The summed E-state index contributed by atoms with van der Waals surface area (Å²) >= 11 is 0. The van der Waals surface area contributed by atoms with Crippen LogP contribution in [0.5, 0.6) is 0 Å². The molecule has 1 aromatic carbocycles. The van der Waals surface area contributed by atoms with Crippen LogP contribution >= 0.6 is 0 Å². The number of aryl methyl sites for hydroxylation is 1. The zero-order valence-electron chi connectivity index (χ0n) is 9.41. The maximum Gasteiger partial charge on any atom is 0.220 e. The van der Waals surface area contributed by atoms with Crippen LogP contribution in [-0.2, 0) is 11.2 Å². The first kappa shape index (κ1) is 12.5. The van der Waals surface area contributed by atoms with E-state index in [0.29, 0.717) is 25.9 Å².